The molecule has 1 heterocycles. The Labute approximate surface area is 374 Å². The van der Waals surface area contributed by atoms with Crippen molar-refractivity contribution in [2.75, 3.05) is 13.1 Å². The Morgan fingerprint density at radius 2 is 1.19 bits per heavy atom. The average molecular weight is 936 g/mol. The number of nitrogens with two attached hydrogens (primary N) is 1. The zero-order chi connectivity index (χ0) is 48.7. The number of rotatable bonds is 25. The van der Waals surface area contributed by atoms with Crippen molar-refractivity contribution < 1.29 is 73.2 Å². The van der Waals surface area contributed by atoms with Gasteiger partial charge < -0.3 is 68.3 Å². The molecule has 9 atom stereocenters. The normalized spacial score (nSPS) is 17.8. The van der Waals surface area contributed by atoms with E-state index in [0.717, 1.165) is 4.90 Å². The maximum Gasteiger partial charge on any atom is 0.327 e. The van der Waals surface area contributed by atoms with Crippen LogP contribution in [0.4, 0.5) is 0 Å². The first kappa shape index (κ1) is 55.8. The number of hydrogen-bond acceptors (Lipinski definition) is 15. The van der Waals surface area contributed by atoms with E-state index in [1.807, 2.05) is 0 Å². The van der Waals surface area contributed by atoms with E-state index in [1.165, 1.54) is 34.6 Å². The number of nitrogens with zero attached hydrogens (tertiary/aromatic N) is 1. The van der Waals surface area contributed by atoms with E-state index < -0.39 is 161 Å². The number of aliphatic carboxylic acids is 3. The lowest BCUT2D eigenvalue weighted by atomic mass is 10.0. The van der Waals surface area contributed by atoms with Gasteiger partial charge in [0.1, 0.15) is 42.3 Å². The fraction of sp³-hybridized carbons (Fsp3) is 0.703. The summed E-state index contributed by atoms with van der Waals surface area (Å²) in [5, 5.41) is 54.4. The van der Waals surface area contributed by atoms with Crippen molar-refractivity contribution >= 4 is 90.4 Å². The molecule has 0 unspecified atom stereocenters. The number of likely N-dealkylation sites (tertiary alicyclic amines) is 1. The van der Waals surface area contributed by atoms with Gasteiger partial charge in [0.2, 0.25) is 47.3 Å². The monoisotopic (exact) mass is 935 g/mol. The molecule has 0 aliphatic carbocycles. The standard InChI is InChI=1S/C37H61N9O15S2/c1-16(28(53)42-20(11-13-24(51)52)31(56)41-17(2)29(54)45-27(35(60)61)37(6,7)63)40-22(48)15-39-30(55)19(10-12-23(49)50)43-32(57)21-9-8-14-46(21)34(59)25(18(3)47)44-33(58)26(38)36(4,5)62/h16-21,25-27,47,62-63H,8-15,38H2,1-7H3,(H,39,55)(H,40,48)(H,41,56)(H,42,53)(H,43,57)(H,44,58)(H,45,54)(H,49,50)(H,51,52)(H,60,61)/t16-,17-,18+,19-,20-,21-,25-,26+,27+/m0/s1. The Balaban J connectivity index is 3.01. The molecule has 0 aromatic carbocycles. The second-order valence-corrected chi connectivity index (χ2v) is 18.5. The Kier molecular flexibility index (Phi) is 21.8. The number of hydrogen-bond donors (Lipinski definition) is 14. The molecule has 0 bridgehead atoms. The fourth-order valence-corrected chi connectivity index (χ4v) is 6.20. The van der Waals surface area contributed by atoms with E-state index in [1.54, 1.807) is 13.8 Å². The summed E-state index contributed by atoms with van der Waals surface area (Å²) >= 11 is 8.44. The maximum absolute atomic E-state index is 13.6. The van der Waals surface area contributed by atoms with Gasteiger partial charge in [-0.1, -0.05) is 0 Å². The number of carboxylic acids is 3. The van der Waals surface area contributed by atoms with E-state index in [-0.39, 0.29) is 13.0 Å². The van der Waals surface area contributed by atoms with Crippen LogP contribution in [0.15, 0.2) is 0 Å². The molecule has 1 fully saturated rings. The summed E-state index contributed by atoms with van der Waals surface area (Å²) in [6.45, 7) is 8.90. The summed E-state index contributed by atoms with van der Waals surface area (Å²) in [5.74, 6) is -11.4. The Morgan fingerprint density at radius 3 is 1.67 bits per heavy atom. The third-order valence-corrected chi connectivity index (χ3v) is 10.2. The zero-order valence-corrected chi connectivity index (χ0v) is 37.8. The van der Waals surface area contributed by atoms with Crippen molar-refractivity contribution in [3.63, 3.8) is 0 Å². The molecule has 63 heavy (non-hydrogen) atoms. The minimum atomic E-state index is -1.55. The van der Waals surface area contributed by atoms with E-state index in [4.69, 9.17) is 5.73 Å². The van der Waals surface area contributed by atoms with Crippen LogP contribution >= 0.6 is 25.3 Å². The van der Waals surface area contributed by atoms with Crippen LogP contribution in [0.25, 0.3) is 0 Å². The van der Waals surface area contributed by atoms with Crippen LogP contribution in [0, 0.1) is 0 Å². The molecule has 0 saturated carbocycles. The van der Waals surface area contributed by atoms with Gasteiger partial charge in [-0.3, -0.25) is 47.9 Å². The number of thiol groups is 2. The van der Waals surface area contributed by atoms with Gasteiger partial charge >= 0.3 is 17.9 Å². The third kappa shape index (κ3) is 18.6. The van der Waals surface area contributed by atoms with Crippen molar-refractivity contribution in [2.45, 2.75) is 151 Å². The van der Waals surface area contributed by atoms with Gasteiger partial charge in [0, 0.05) is 28.9 Å². The van der Waals surface area contributed by atoms with Gasteiger partial charge in [0.15, 0.2) is 0 Å². The summed E-state index contributed by atoms with van der Waals surface area (Å²) < 4.78 is -2.20. The molecule has 356 valence electrons. The highest BCUT2D eigenvalue weighted by molar-refractivity contribution is 7.82. The van der Waals surface area contributed by atoms with Crippen molar-refractivity contribution in [3.8, 4) is 0 Å². The lowest BCUT2D eigenvalue weighted by Gasteiger charge is -2.32. The quantitative estimate of drug-likeness (QED) is 0.0388. The Bertz CT molecular complexity index is 1740. The molecule has 24 nitrogen and oxygen atoms in total. The van der Waals surface area contributed by atoms with Gasteiger partial charge in [0.25, 0.3) is 0 Å². The number of carbonyl (C=O) groups is 11. The molecule has 13 N–H and O–H groups in total. The van der Waals surface area contributed by atoms with Crippen molar-refractivity contribution in [1.29, 1.82) is 0 Å². The first-order chi connectivity index (χ1) is 28.9. The molecule has 26 heteroatoms. The molecule has 0 aromatic rings. The molecule has 0 radical (unpaired) electrons. The smallest absolute Gasteiger partial charge is 0.327 e. The molecular formula is C37H61N9O15S2. The SMILES string of the molecule is C[C@H](NC(=O)CNC(=O)[C@H](CCC(=O)O)NC(=O)[C@@H]1CCCN1C(=O)[C@@H](NC(=O)[C@@H](N)C(C)(C)S)[C@@H](C)O)C(=O)N[C@@H](CCC(=O)O)C(=O)N[C@@H](C)C(=O)N[C@H](C(=O)O)C(C)(C)S. The van der Waals surface area contributed by atoms with Crippen LogP contribution in [-0.4, -0.2) is 168 Å². The largest absolute Gasteiger partial charge is 0.481 e. The lowest BCUT2D eigenvalue weighted by molar-refractivity contribution is -0.144. The molecule has 8 amide bonds. The predicted molar refractivity (Wildman–Crippen MR) is 228 cm³/mol. The molecule has 1 aliphatic rings. The van der Waals surface area contributed by atoms with E-state index in [2.05, 4.69) is 62.5 Å². The van der Waals surface area contributed by atoms with E-state index >= 15 is 0 Å². The minimum absolute atomic E-state index is 0.0314. The van der Waals surface area contributed by atoms with Gasteiger partial charge in [-0.25, -0.2) is 4.79 Å². The number of aliphatic hydroxyl groups excluding tert-OH is 1. The van der Waals surface area contributed by atoms with Gasteiger partial charge in [-0.2, -0.15) is 25.3 Å². The summed E-state index contributed by atoms with van der Waals surface area (Å²) in [5.41, 5.74) is 5.94. The van der Waals surface area contributed by atoms with Crippen LogP contribution in [-0.2, 0) is 52.7 Å². The zero-order valence-electron chi connectivity index (χ0n) is 36.1. The van der Waals surface area contributed by atoms with Crippen LogP contribution in [0.3, 0.4) is 0 Å². The molecule has 0 spiro atoms. The van der Waals surface area contributed by atoms with Gasteiger partial charge in [0.05, 0.1) is 18.7 Å². The van der Waals surface area contributed by atoms with Crippen LogP contribution < -0.4 is 43.0 Å². The molecular weight excluding hydrogens is 875 g/mol. The number of aliphatic hydroxyl groups is 1. The highest BCUT2D eigenvalue weighted by Crippen LogP contribution is 2.21. The third-order valence-electron chi connectivity index (χ3n) is 9.67. The second kappa shape index (κ2) is 24.6. The summed E-state index contributed by atoms with van der Waals surface area (Å²) in [7, 11) is 0. The molecule has 0 aromatic heterocycles. The average Bonchev–Trinajstić information content (AvgIpc) is 3.66. The molecule has 1 saturated heterocycles. The fourth-order valence-electron chi connectivity index (χ4n) is 5.91. The number of carboxylic acid groups (broad SMARTS) is 3. The lowest BCUT2D eigenvalue weighted by Crippen LogP contribution is -2.61. The summed E-state index contributed by atoms with van der Waals surface area (Å²) in [6.07, 6.45) is -3.13. The molecule has 1 aliphatic heterocycles. The summed E-state index contributed by atoms with van der Waals surface area (Å²) in [4.78, 5) is 140. The first-order valence-electron chi connectivity index (χ1n) is 19.8. The summed E-state index contributed by atoms with van der Waals surface area (Å²) in [6, 6.07) is -11.2. The van der Waals surface area contributed by atoms with Crippen LogP contribution in [0.5, 0.6) is 0 Å². The maximum atomic E-state index is 13.6. The first-order valence-corrected chi connectivity index (χ1v) is 20.7. The van der Waals surface area contributed by atoms with Crippen molar-refractivity contribution in [2.24, 2.45) is 5.73 Å². The number of nitrogens with one attached hydrogen (secondary N) is 7. The highest BCUT2D eigenvalue weighted by atomic mass is 32.1. The Morgan fingerprint density at radius 1 is 0.683 bits per heavy atom. The topological polar surface area (TPSA) is 382 Å². The van der Waals surface area contributed by atoms with Crippen molar-refractivity contribution in [3.05, 3.63) is 0 Å². The van der Waals surface area contributed by atoms with E-state index in [9.17, 15) is 73.2 Å². The van der Waals surface area contributed by atoms with Gasteiger partial charge in [-0.15, -0.1) is 0 Å². The van der Waals surface area contributed by atoms with Crippen LogP contribution in [0.1, 0.15) is 87.0 Å². The van der Waals surface area contributed by atoms with Gasteiger partial charge in [-0.05, 0) is 74.1 Å². The Hall–Kier alpha value is -5.21. The molecule has 1 rings (SSSR count). The number of carbonyl (C=O) groups excluding carboxylic acids is 8. The highest BCUT2D eigenvalue weighted by Gasteiger charge is 2.42. The predicted octanol–water partition coefficient (Wildman–Crippen LogP) is -4.02. The van der Waals surface area contributed by atoms with Crippen LogP contribution in [0.2, 0.25) is 0 Å². The second-order valence-electron chi connectivity index (χ2n) is 16.2. The minimum Gasteiger partial charge on any atom is -0.481 e. The van der Waals surface area contributed by atoms with Crippen molar-refractivity contribution in [1.82, 2.24) is 42.1 Å². The number of amides is 8. The van der Waals surface area contributed by atoms with E-state index in [0.29, 0.717) is 6.42 Å².